The summed E-state index contributed by atoms with van der Waals surface area (Å²) in [5.41, 5.74) is 3.10. The van der Waals surface area contributed by atoms with E-state index in [1.54, 1.807) is 12.0 Å². The Bertz CT molecular complexity index is 1120. The lowest BCUT2D eigenvalue weighted by atomic mass is 10.0. The molecule has 0 unspecified atom stereocenters. The first-order valence-electron chi connectivity index (χ1n) is 12.4. The maximum absolute atomic E-state index is 13.7. The Morgan fingerprint density at radius 2 is 1.67 bits per heavy atom. The van der Waals surface area contributed by atoms with Gasteiger partial charge >= 0.3 is 0 Å². The predicted molar refractivity (Wildman–Crippen MR) is 147 cm³/mol. The lowest BCUT2D eigenvalue weighted by molar-refractivity contribution is -0.139. The fourth-order valence-corrected chi connectivity index (χ4v) is 4.61. The Morgan fingerprint density at radius 1 is 0.972 bits per heavy atom. The summed E-state index contributed by atoms with van der Waals surface area (Å²) in [6, 6.07) is 25.0. The predicted octanol–water partition coefficient (Wildman–Crippen LogP) is 5.65. The number of nitrogens with one attached hydrogen (secondary N) is 1. The van der Waals surface area contributed by atoms with Crippen LogP contribution in [0.4, 0.5) is 0 Å². The summed E-state index contributed by atoms with van der Waals surface area (Å²) in [5, 5.41) is 3.11. The molecule has 0 aliphatic heterocycles. The zero-order chi connectivity index (χ0) is 25.9. The van der Waals surface area contributed by atoms with Gasteiger partial charge < -0.3 is 15.0 Å². The van der Waals surface area contributed by atoms with Gasteiger partial charge in [-0.3, -0.25) is 9.59 Å². The minimum absolute atomic E-state index is 0.0199. The van der Waals surface area contributed by atoms with Gasteiger partial charge in [-0.15, -0.1) is 11.8 Å². The van der Waals surface area contributed by atoms with Gasteiger partial charge in [0.2, 0.25) is 11.8 Å². The van der Waals surface area contributed by atoms with E-state index < -0.39 is 6.04 Å². The van der Waals surface area contributed by atoms with Crippen LogP contribution in [0.5, 0.6) is 5.75 Å². The molecule has 0 spiro atoms. The van der Waals surface area contributed by atoms with Crippen molar-refractivity contribution >= 4 is 23.6 Å². The highest BCUT2D eigenvalue weighted by atomic mass is 32.2. The average Bonchev–Trinajstić information content (AvgIpc) is 2.90. The van der Waals surface area contributed by atoms with Gasteiger partial charge in [-0.2, -0.15) is 0 Å². The van der Waals surface area contributed by atoms with Crippen LogP contribution in [0.15, 0.2) is 83.8 Å². The van der Waals surface area contributed by atoms with Crippen molar-refractivity contribution in [2.75, 3.05) is 12.9 Å². The number of amides is 2. The summed E-state index contributed by atoms with van der Waals surface area (Å²) < 4.78 is 5.40. The molecule has 0 aliphatic carbocycles. The van der Waals surface area contributed by atoms with Gasteiger partial charge in [-0.25, -0.2) is 0 Å². The second-order valence-corrected chi connectivity index (χ2v) is 10.0. The van der Waals surface area contributed by atoms with Crippen molar-refractivity contribution in [2.24, 2.45) is 0 Å². The lowest BCUT2D eigenvalue weighted by Gasteiger charge is -2.32. The molecule has 3 aromatic rings. The van der Waals surface area contributed by atoms with Crippen LogP contribution >= 0.6 is 11.8 Å². The molecular weight excluding hydrogens is 468 g/mol. The molecule has 0 heterocycles. The van der Waals surface area contributed by atoms with Gasteiger partial charge in [0.25, 0.3) is 0 Å². The lowest BCUT2D eigenvalue weighted by Crippen LogP contribution is -2.52. The van der Waals surface area contributed by atoms with Gasteiger partial charge in [0, 0.05) is 23.9 Å². The van der Waals surface area contributed by atoms with E-state index in [0.717, 1.165) is 28.2 Å². The SMILES string of the molecule is CC[C@@H](C)NC(=O)[C@@H](Cc1ccccc1)N(Cc1cccc(OC)c1)C(=O)CSc1ccc(C)cc1. The number of thioether (sulfide) groups is 1. The van der Waals surface area contributed by atoms with Crippen LogP contribution in [0.25, 0.3) is 0 Å². The largest absolute Gasteiger partial charge is 0.497 e. The molecule has 36 heavy (non-hydrogen) atoms. The van der Waals surface area contributed by atoms with Crippen molar-refractivity contribution < 1.29 is 14.3 Å². The van der Waals surface area contributed by atoms with Crippen molar-refractivity contribution in [2.45, 2.75) is 57.1 Å². The number of methoxy groups -OCH3 is 1. The molecule has 0 aromatic heterocycles. The number of ether oxygens (including phenoxy) is 1. The van der Waals surface area contributed by atoms with Crippen molar-refractivity contribution in [3.8, 4) is 5.75 Å². The van der Waals surface area contributed by atoms with E-state index in [1.807, 2.05) is 99.6 Å². The van der Waals surface area contributed by atoms with Crippen LogP contribution < -0.4 is 10.1 Å². The van der Waals surface area contributed by atoms with E-state index >= 15 is 0 Å². The molecule has 0 fully saturated rings. The van der Waals surface area contributed by atoms with Crippen LogP contribution in [0.2, 0.25) is 0 Å². The van der Waals surface area contributed by atoms with E-state index in [1.165, 1.54) is 17.3 Å². The van der Waals surface area contributed by atoms with E-state index in [2.05, 4.69) is 5.32 Å². The van der Waals surface area contributed by atoms with E-state index in [0.29, 0.717) is 13.0 Å². The Balaban J connectivity index is 1.92. The fourth-order valence-electron chi connectivity index (χ4n) is 3.83. The quantitative estimate of drug-likeness (QED) is 0.324. The molecular formula is C30H36N2O3S. The summed E-state index contributed by atoms with van der Waals surface area (Å²) in [5.74, 6) is 0.751. The number of hydrogen-bond acceptors (Lipinski definition) is 4. The number of carbonyl (C=O) groups excluding carboxylic acids is 2. The van der Waals surface area contributed by atoms with E-state index in [4.69, 9.17) is 4.74 Å². The van der Waals surface area contributed by atoms with Crippen LogP contribution in [-0.2, 0) is 22.6 Å². The highest BCUT2D eigenvalue weighted by Crippen LogP contribution is 2.23. The van der Waals surface area contributed by atoms with Gasteiger partial charge in [0.15, 0.2) is 0 Å². The molecule has 0 saturated carbocycles. The summed E-state index contributed by atoms with van der Waals surface area (Å²) in [7, 11) is 1.62. The number of nitrogens with zero attached hydrogens (tertiary/aromatic N) is 1. The third-order valence-corrected chi connectivity index (χ3v) is 7.14. The normalized spacial score (nSPS) is 12.4. The minimum Gasteiger partial charge on any atom is -0.497 e. The Labute approximate surface area is 219 Å². The molecule has 0 radical (unpaired) electrons. The summed E-state index contributed by atoms with van der Waals surface area (Å²) >= 11 is 1.49. The van der Waals surface area contributed by atoms with Crippen molar-refractivity contribution in [1.29, 1.82) is 0 Å². The Morgan fingerprint density at radius 3 is 2.33 bits per heavy atom. The minimum atomic E-state index is -0.640. The monoisotopic (exact) mass is 504 g/mol. The second kappa shape index (κ2) is 13.7. The molecule has 6 heteroatoms. The van der Waals surface area contributed by atoms with Gasteiger partial charge in [-0.05, 0) is 55.7 Å². The summed E-state index contributed by atoms with van der Waals surface area (Å²) in [6.45, 7) is 6.38. The molecule has 1 N–H and O–H groups in total. The first kappa shape index (κ1) is 27.3. The topological polar surface area (TPSA) is 58.6 Å². The second-order valence-electron chi connectivity index (χ2n) is 9.00. The smallest absolute Gasteiger partial charge is 0.243 e. The molecule has 2 amide bonds. The highest BCUT2D eigenvalue weighted by molar-refractivity contribution is 8.00. The van der Waals surface area contributed by atoms with Gasteiger partial charge in [0.1, 0.15) is 11.8 Å². The maximum Gasteiger partial charge on any atom is 0.243 e. The molecule has 3 rings (SSSR count). The average molecular weight is 505 g/mol. The molecule has 2 atom stereocenters. The zero-order valence-electron chi connectivity index (χ0n) is 21.6. The molecule has 3 aromatic carbocycles. The Hall–Kier alpha value is -3.25. The van der Waals surface area contributed by atoms with Crippen LogP contribution in [0.3, 0.4) is 0 Å². The zero-order valence-corrected chi connectivity index (χ0v) is 22.4. The van der Waals surface area contributed by atoms with Crippen LogP contribution in [0.1, 0.15) is 37.0 Å². The van der Waals surface area contributed by atoms with E-state index in [9.17, 15) is 9.59 Å². The van der Waals surface area contributed by atoms with Crippen molar-refractivity contribution in [3.05, 3.63) is 95.6 Å². The third-order valence-electron chi connectivity index (χ3n) is 6.14. The van der Waals surface area contributed by atoms with Gasteiger partial charge in [0.05, 0.1) is 12.9 Å². The van der Waals surface area contributed by atoms with Gasteiger partial charge in [-0.1, -0.05) is 67.1 Å². The number of aryl methyl sites for hydroxylation is 1. The summed E-state index contributed by atoms with van der Waals surface area (Å²) in [4.78, 5) is 30.0. The molecule has 0 saturated heterocycles. The fraction of sp³-hybridized carbons (Fsp3) is 0.333. The number of benzene rings is 3. The molecule has 190 valence electrons. The standard InChI is InChI=1S/C30H36N2O3S/c1-5-23(3)31-30(34)28(19-24-10-7-6-8-11-24)32(20-25-12-9-13-26(18-25)35-4)29(33)21-36-27-16-14-22(2)15-17-27/h6-18,23,28H,5,19-21H2,1-4H3,(H,31,34)/t23-,28-/m1/s1. The first-order chi connectivity index (χ1) is 17.4. The number of carbonyl (C=O) groups is 2. The molecule has 5 nitrogen and oxygen atoms in total. The first-order valence-corrected chi connectivity index (χ1v) is 13.3. The number of hydrogen-bond donors (Lipinski definition) is 1. The van der Waals surface area contributed by atoms with E-state index in [-0.39, 0.29) is 23.6 Å². The van der Waals surface area contributed by atoms with Crippen molar-refractivity contribution in [1.82, 2.24) is 10.2 Å². The maximum atomic E-state index is 13.7. The Kier molecular flexibility index (Phi) is 10.4. The van der Waals surface area contributed by atoms with Crippen LogP contribution in [0, 0.1) is 6.92 Å². The molecule has 0 aliphatic rings. The van der Waals surface area contributed by atoms with Crippen LogP contribution in [-0.4, -0.2) is 41.7 Å². The number of rotatable bonds is 12. The summed E-state index contributed by atoms with van der Waals surface area (Å²) in [6.07, 6.45) is 1.25. The van der Waals surface area contributed by atoms with Crippen molar-refractivity contribution in [3.63, 3.8) is 0 Å². The molecule has 0 bridgehead atoms. The third kappa shape index (κ3) is 8.16. The highest BCUT2D eigenvalue weighted by Gasteiger charge is 2.31.